The summed E-state index contributed by atoms with van der Waals surface area (Å²) in [6.07, 6.45) is 0. The molecule has 0 unspecified atom stereocenters. The van der Waals surface area contributed by atoms with Crippen LogP contribution in [-0.2, 0) is 0 Å². The van der Waals surface area contributed by atoms with E-state index in [4.69, 9.17) is 32.7 Å². The molecule has 0 aliphatic heterocycles. The summed E-state index contributed by atoms with van der Waals surface area (Å²) in [5.41, 5.74) is 1.24. The maximum absolute atomic E-state index is 6.27. The molecule has 0 saturated heterocycles. The fourth-order valence-electron chi connectivity index (χ4n) is 1.90. The van der Waals surface area contributed by atoms with Gasteiger partial charge in [0.2, 0.25) is 0 Å². The van der Waals surface area contributed by atoms with Gasteiger partial charge in [-0.2, -0.15) is 0 Å². The standard InChI is InChI=1S/C14H14Cl2N2O2/c1-17-14-9(16)7-8(15)13(18-14)12-10(19-2)5-4-6-11(12)20-3/h4-7H,1-3H3,(H,17,18). The Kier molecular flexibility index (Phi) is 4.57. The van der Waals surface area contributed by atoms with Gasteiger partial charge in [-0.25, -0.2) is 4.98 Å². The summed E-state index contributed by atoms with van der Waals surface area (Å²) in [6.45, 7) is 0. The first-order valence-corrected chi connectivity index (χ1v) is 6.63. The normalized spacial score (nSPS) is 10.2. The van der Waals surface area contributed by atoms with E-state index in [9.17, 15) is 0 Å². The van der Waals surface area contributed by atoms with E-state index in [1.807, 2.05) is 18.2 Å². The average molecular weight is 313 g/mol. The van der Waals surface area contributed by atoms with Crippen LogP contribution in [0.15, 0.2) is 24.3 Å². The van der Waals surface area contributed by atoms with Crippen molar-refractivity contribution in [2.75, 3.05) is 26.6 Å². The number of hydrogen-bond acceptors (Lipinski definition) is 4. The molecule has 0 saturated carbocycles. The fraction of sp³-hybridized carbons (Fsp3) is 0.214. The van der Waals surface area contributed by atoms with Gasteiger partial charge in [0.05, 0.1) is 35.5 Å². The summed E-state index contributed by atoms with van der Waals surface area (Å²) >= 11 is 12.3. The third-order valence-electron chi connectivity index (χ3n) is 2.83. The Bertz CT molecular complexity index is 611. The third kappa shape index (κ3) is 2.62. The molecule has 0 bridgehead atoms. The minimum atomic E-state index is 0.428. The van der Waals surface area contributed by atoms with Crippen LogP contribution >= 0.6 is 23.2 Å². The number of rotatable bonds is 4. The quantitative estimate of drug-likeness (QED) is 0.922. The lowest BCUT2D eigenvalue weighted by molar-refractivity contribution is 0.397. The molecule has 1 N–H and O–H groups in total. The predicted molar refractivity (Wildman–Crippen MR) is 82.3 cm³/mol. The van der Waals surface area contributed by atoms with Gasteiger partial charge < -0.3 is 14.8 Å². The molecule has 0 fully saturated rings. The van der Waals surface area contributed by atoms with Crippen molar-refractivity contribution in [1.82, 2.24) is 4.98 Å². The summed E-state index contributed by atoms with van der Waals surface area (Å²) in [7, 11) is 4.91. The lowest BCUT2D eigenvalue weighted by Gasteiger charge is -2.15. The van der Waals surface area contributed by atoms with E-state index in [0.29, 0.717) is 38.6 Å². The first-order valence-electron chi connectivity index (χ1n) is 5.87. The largest absolute Gasteiger partial charge is 0.496 e. The van der Waals surface area contributed by atoms with Gasteiger partial charge >= 0.3 is 0 Å². The van der Waals surface area contributed by atoms with Gasteiger partial charge in [0.1, 0.15) is 17.3 Å². The second-order valence-corrected chi connectivity index (χ2v) is 4.75. The molecule has 1 heterocycles. The molecule has 0 aliphatic rings. The van der Waals surface area contributed by atoms with Crippen LogP contribution in [0.4, 0.5) is 5.82 Å². The number of anilines is 1. The summed E-state index contributed by atoms with van der Waals surface area (Å²) in [5, 5.41) is 3.81. The number of nitrogens with zero attached hydrogens (tertiary/aromatic N) is 1. The Balaban J connectivity index is 2.73. The van der Waals surface area contributed by atoms with E-state index < -0.39 is 0 Å². The first-order chi connectivity index (χ1) is 9.62. The van der Waals surface area contributed by atoms with Crippen LogP contribution in [0.5, 0.6) is 11.5 Å². The summed E-state index contributed by atoms with van der Waals surface area (Å²) < 4.78 is 10.7. The number of ether oxygens (including phenoxy) is 2. The molecule has 106 valence electrons. The van der Waals surface area contributed by atoms with Crippen LogP contribution in [0.3, 0.4) is 0 Å². The zero-order valence-electron chi connectivity index (χ0n) is 11.3. The van der Waals surface area contributed by atoms with Gasteiger partial charge in [-0.05, 0) is 18.2 Å². The van der Waals surface area contributed by atoms with Crippen molar-refractivity contribution in [2.45, 2.75) is 0 Å². The van der Waals surface area contributed by atoms with E-state index in [1.54, 1.807) is 27.3 Å². The van der Waals surface area contributed by atoms with Crippen LogP contribution in [0.2, 0.25) is 10.0 Å². The summed E-state index contributed by atoms with van der Waals surface area (Å²) in [6, 6.07) is 7.13. The summed E-state index contributed by atoms with van der Waals surface area (Å²) in [4.78, 5) is 4.44. The molecule has 4 nitrogen and oxygen atoms in total. The number of halogens is 2. The molecule has 2 aromatic rings. The van der Waals surface area contributed by atoms with E-state index in [2.05, 4.69) is 10.3 Å². The monoisotopic (exact) mass is 312 g/mol. The molecule has 0 atom stereocenters. The lowest BCUT2D eigenvalue weighted by atomic mass is 10.1. The molecule has 6 heteroatoms. The third-order valence-corrected chi connectivity index (χ3v) is 3.41. The Morgan fingerprint density at radius 1 is 1.05 bits per heavy atom. The number of benzene rings is 1. The van der Waals surface area contributed by atoms with Crippen molar-refractivity contribution in [1.29, 1.82) is 0 Å². The lowest BCUT2D eigenvalue weighted by Crippen LogP contribution is -1.99. The number of aromatic nitrogens is 1. The Morgan fingerprint density at radius 3 is 2.15 bits per heavy atom. The molecule has 0 spiro atoms. The SMILES string of the molecule is CNc1nc(-c2c(OC)cccc2OC)c(Cl)cc1Cl. The number of pyridine rings is 1. The van der Waals surface area contributed by atoms with Gasteiger partial charge in [0.25, 0.3) is 0 Å². The zero-order chi connectivity index (χ0) is 14.7. The molecule has 1 aromatic carbocycles. The number of hydrogen-bond donors (Lipinski definition) is 1. The molecule has 1 aromatic heterocycles. The van der Waals surface area contributed by atoms with E-state index >= 15 is 0 Å². The van der Waals surface area contributed by atoms with Crippen molar-refractivity contribution in [3.8, 4) is 22.8 Å². The highest BCUT2D eigenvalue weighted by Gasteiger charge is 2.18. The van der Waals surface area contributed by atoms with Crippen molar-refractivity contribution >= 4 is 29.0 Å². The maximum Gasteiger partial charge on any atom is 0.145 e. The zero-order valence-corrected chi connectivity index (χ0v) is 12.8. The molecule has 0 amide bonds. The van der Waals surface area contributed by atoms with E-state index in [-0.39, 0.29) is 0 Å². The maximum atomic E-state index is 6.27. The second kappa shape index (κ2) is 6.20. The van der Waals surface area contributed by atoms with Crippen LogP contribution in [-0.4, -0.2) is 26.3 Å². The van der Waals surface area contributed by atoms with Crippen molar-refractivity contribution in [2.24, 2.45) is 0 Å². The predicted octanol–water partition coefficient (Wildman–Crippen LogP) is 4.11. The molecule has 0 aliphatic carbocycles. The molecule has 2 rings (SSSR count). The topological polar surface area (TPSA) is 43.4 Å². The molecule has 0 radical (unpaired) electrons. The second-order valence-electron chi connectivity index (χ2n) is 3.94. The van der Waals surface area contributed by atoms with Gasteiger partial charge in [0.15, 0.2) is 0 Å². The Labute approximate surface area is 127 Å². The molecular weight excluding hydrogens is 299 g/mol. The average Bonchev–Trinajstić information content (AvgIpc) is 2.46. The molecule has 20 heavy (non-hydrogen) atoms. The van der Waals surface area contributed by atoms with Crippen molar-refractivity contribution < 1.29 is 9.47 Å². The number of methoxy groups -OCH3 is 2. The highest BCUT2D eigenvalue weighted by Crippen LogP contribution is 2.42. The smallest absolute Gasteiger partial charge is 0.145 e. The van der Waals surface area contributed by atoms with Crippen LogP contribution < -0.4 is 14.8 Å². The Hall–Kier alpha value is -1.65. The van der Waals surface area contributed by atoms with E-state index in [0.717, 1.165) is 0 Å². The van der Waals surface area contributed by atoms with Gasteiger partial charge in [-0.1, -0.05) is 29.3 Å². The number of nitrogens with one attached hydrogen (secondary N) is 1. The highest BCUT2D eigenvalue weighted by molar-refractivity contribution is 6.37. The van der Waals surface area contributed by atoms with E-state index in [1.165, 1.54) is 0 Å². The van der Waals surface area contributed by atoms with Crippen molar-refractivity contribution in [3.05, 3.63) is 34.3 Å². The minimum Gasteiger partial charge on any atom is -0.496 e. The van der Waals surface area contributed by atoms with Gasteiger partial charge in [-0.15, -0.1) is 0 Å². The van der Waals surface area contributed by atoms with Gasteiger partial charge in [0, 0.05) is 7.05 Å². The van der Waals surface area contributed by atoms with Crippen molar-refractivity contribution in [3.63, 3.8) is 0 Å². The summed E-state index contributed by atoms with van der Waals surface area (Å²) in [5.74, 6) is 1.80. The highest BCUT2D eigenvalue weighted by atomic mass is 35.5. The van der Waals surface area contributed by atoms with Gasteiger partial charge in [-0.3, -0.25) is 0 Å². The molecular formula is C14H14Cl2N2O2. The first kappa shape index (κ1) is 14.8. The van der Waals surface area contributed by atoms with Crippen LogP contribution in [0, 0.1) is 0 Å². The van der Waals surface area contributed by atoms with Crippen LogP contribution in [0.25, 0.3) is 11.3 Å². The van der Waals surface area contributed by atoms with Crippen LogP contribution in [0.1, 0.15) is 0 Å². The fourth-order valence-corrected chi connectivity index (χ4v) is 2.45. The minimum absolute atomic E-state index is 0.428. The Morgan fingerprint density at radius 2 is 1.65 bits per heavy atom.